The Labute approximate surface area is 163 Å². The first-order valence-corrected chi connectivity index (χ1v) is 10.4. The minimum absolute atomic E-state index is 0.248. The fourth-order valence-corrected chi connectivity index (χ4v) is 5.47. The number of hydrogen-bond donors (Lipinski definition) is 2. The van der Waals surface area contributed by atoms with Gasteiger partial charge in [-0.25, -0.2) is 4.79 Å². The van der Waals surface area contributed by atoms with Crippen molar-refractivity contribution in [2.24, 2.45) is 5.92 Å². The van der Waals surface area contributed by atoms with Crippen LogP contribution in [0.25, 0.3) is 10.1 Å². The zero-order chi connectivity index (χ0) is 18.8. The highest BCUT2D eigenvalue weighted by atomic mass is 32.1. The zero-order valence-electron chi connectivity index (χ0n) is 15.4. The van der Waals surface area contributed by atoms with Crippen LogP contribution < -0.4 is 5.32 Å². The first-order chi connectivity index (χ1) is 13.1. The van der Waals surface area contributed by atoms with Gasteiger partial charge in [-0.3, -0.25) is 4.98 Å². The van der Waals surface area contributed by atoms with Gasteiger partial charge in [-0.05, 0) is 67.0 Å². The summed E-state index contributed by atoms with van der Waals surface area (Å²) in [5.41, 5.74) is 2.63. The Balaban J connectivity index is 1.69. The predicted octanol–water partition coefficient (Wildman–Crippen LogP) is 6.04. The largest absolute Gasteiger partial charge is 0.478 e. The summed E-state index contributed by atoms with van der Waals surface area (Å²) >= 11 is 1.83. The lowest BCUT2D eigenvalue weighted by molar-refractivity contribution is 0.0697. The molecular formula is C22H24N2O2S. The standard InChI is InChI=1S/C22H24N2O2S/c1-14-18-11-12-23-13-19(18)27-21(14)20(15-5-3-2-4-6-15)24-17-9-7-16(8-10-17)22(25)26/h7-13,15,20,24H,2-6H2,1H3,(H,25,26). The van der Waals surface area contributed by atoms with Crippen molar-refractivity contribution in [2.45, 2.75) is 45.1 Å². The van der Waals surface area contributed by atoms with Crippen LogP contribution in [0.15, 0.2) is 42.7 Å². The fourth-order valence-electron chi connectivity index (χ4n) is 4.15. The van der Waals surface area contributed by atoms with Crippen LogP contribution in [0, 0.1) is 12.8 Å². The molecule has 1 atom stereocenters. The number of aromatic nitrogens is 1. The third-order valence-electron chi connectivity index (χ3n) is 5.64. The van der Waals surface area contributed by atoms with Gasteiger partial charge in [0.1, 0.15) is 0 Å². The van der Waals surface area contributed by atoms with E-state index in [1.54, 1.807) is 12.1 Å². The van der Waals surface area contributed by atoms with E-state index in [-0.39, 0.29) is 6.04 Å². The summed E-state index contributed by atoms with van der Waals surface area (Å²) in [7, 11) is 0. The van der Waals surface area contributed by atoms with Crippen molar-refractivity contribution in [3.8, 4) is 0 Å². The van der Waals surface area contributed by atoms with Crippen molar-refractivity contribution in [3.63, 3.8) is 0 Å². The molecular weight excluding hydrogens is 356 g/mol. The van der Waals surface area contributed by atoms with Gasteiger partial charge in [0.25, 0.3) is 0 Å². The Morgan fingerprint density at radius 2 is 1.93 bits per heavy atom. The second-order valence-corrected chi connectivity index (χ2v) is 8.45. The Kier molecular flexibility index (Phi) is 5.12. The SMILES string of the molecule is Cc1c(C(Nc2ccc(C(=O)O)cc2)C2CCCCC2)sc2cnccc12. The number of carboxylic acids is 1. The van der Waals surface area contributed by atoms with E-state index in [0.29, 0.717) is 11.5 Å². The molecule has 3 aromatic rings. The molecule has 1 aromatic carbocycles. The maximum absolute atomic E-state index is 11.1. The van der Waals surface area contributed by atoms with Gasteiger partial charge in [0.15, 0.2) is 0 Å². The van der Waals surface area contributed by atoms with Crippen LogP contribution in [-0.4, -0.2) is 16.1 Å². The van der Waals surface area contributed by atoms with Gasteiger partial charge in [0.2, 0.25) is 0 Å². The number of nitrogens with one attached hydrogen (secondary N) is 1. The maximum atomic E-state index is 11.1. The molecule has 1 saturated carbocycles. The zero-order valence-corrected chi connectivity index (χ0v) is 16.3. The number of nitrogens with zero attached hydrogens (tertiary/aromatic N) is 1. The molecule has 2 heterocycles. The minimum atomic E-state index is -0.891. The van der Waals surface area contributed by atoms with E-state index in [1.807, 2.05) is 35.9 Å². The normalized spacial score (nSPS) is 16.3. The molecule has 5 heteroatoms. The molecule has 1 aliphatic carbocycles. The van der Waals surface area contributed by atoms with E-state index in [0.717, 1.165) is 5.69 Å². The molecule has 0 spiro atoms. The molecule has 4 rings (SSSR count). The fraction of sp³-hybridized carbons (Fsp3) is 0.364. The number of anilines is 1. The molecule has 27 heavy (non-hydrogen) atoms. The molecule has 1 aliphatic rings. The van der Waals surface area contributed by atoms with Crippen molar-refractivity contribution >= 4 is 33.1 Å². The van der Waals surface area contributed by atoms with E-state index in [9.17, 15) is 4.79 Å². The molecule has 4 nitrogen and oxygen atoms in total. The van der Waals surface area contributed by atoms with Crippen molar-refractivity contribution in [1.29, 1.82) is 0 Å². The molecule has 1 fully saturated rings. The summed E-state index contributed by atoms with van der Waals surface area (Å²) in [4.78, 5) is 16.8. The van der Waals surface area contributed by atoms with Gasteiger partial charge in [0, 0.05) is 23.0 Å². The predicted molar refractivity (Wildman–Crippen MR) is 111 cm³/mol. The molecule has 2 N–H and O–H groups in total. The van der Waals surface area contributed by atoms with Gasteiger partial charge >= 0.3 is 5.97 Å². The van der Waals surface area contributed by atoms with Crippen LogP contribution in [0.1, 0.15) is 58.9 Å². The molecule has 0 radical (unpaired) electrons. The molecule has 0 bridgehead atoms. The third kappa shape index (κ3) is 3.69. The summed E-state index contributed by atoms with van der Waals surface area (Å²) in [6.45, 7) is 2.21. The van der Waals surface area contributed by atoms with Crippen molar-refractivity contribution < 1.29 is 9.90 Å². The van der Waals surface area contributed by atoms with Gasteiger partial charge in [-0.15, -0.1) is 11.3 Å². The van der Waals surface area contributed by atoms with Crippen LogP contribution in [0.5, 0.6) is 0 Å². The average Bonchev–Trinajstić information content (AvgIpc) is 3.04. The Bertz CT molecular complexity index is 943. The number of aryl methyl sites for hydroxylation is 1. The van der Waals surface area contributed by atoms with Crippen LogP contribution >= 0.6 is 11.3 Å². The van der Waals surface area contributed by atoms with E-state index >= 15 is 0 Å². The number of rotatable bonds is 5. The molecule has 140 valence electrons. The number of aromatic carboxylic acids is 1. The Morgan fingerprint density at radius 1 is 1.19 bits per heavy atom. The molecule has 1 unspecified atom stereocenters. The topological polar surface area (TPSA) is 62.2 Å². The van der Waals surface area contributed by atoms with Crippen LogP contribution in [0.2, 0.25) is 0 Å². The average molecular weight is 381 g/mol. The quantitative estimate of drug-likeness (QED) is 0.567. The number of benzene rings is 1. The second-order valence-electron chi connectivity index (χ2n) is 7.37. The van der Waals surface area contributed by atoms with E-state index in [2.05, 4.69) is 23.3 Å². The molecule has 0 amide bonds. The van der Waals surface area contributed by atoms with E-state index < -0.39 is 5.97 Å². The number of pyridine rings is 1. The van der Waals surface area contributed by atoms with Crippen molar-refractivity contribution in [3.05, 3.63) is 58.7 Å². The molecule has 2 aromatic heterocycles. The van der Waals surface area contributed by atoms with Gasteiger partial charge in [0.05, 0.1) is 16.3 Å². The van der Waals surface area contributed by atoms with Crippen LogP contribution in [0.3, 0.4) is 0 Å². The minimum Gasteiger partial charge on any atom is -0.478 e. The summed E-state index contributed by atoms with van der Waals surface area (Å²) in [5, 5.41) is 14.1. The van der Waals surface area contributed by atoms with Crippen LogP contribution in [-0.2, 0) is 0 Å². The number of carboxylic acid groups (broad SMARTS) is 1. The van der Waals surface area contributed by atoms with Crippen LogP contribution in [0.4, 0.5) is 5.69 Å². The van der Waals surface area contributed by atoms with Gasteiger partial charge in [-0.2, -0.15) is 0 Å². The highest BCUT2D eigenvalue weighted by Crippen LogP contribution is 2.43. The summed E-state index contributed by atoms with van der Waals surface area (Å²) in [6, 6.07) is 9.45. The van der Waals surface area contributed by atoms with Crippen molar-refractivity contribution in [2.75, 3.05) is 5.32 Å². The lowest BCUT2D eigenvalue weighted by Gasteiger charge is -2.31. The summed E-state index contributed by atoms with van der Waals surface area (Å²) < 4.78 is 1.23. The number of carbonyl (C=O) groups is 1. The number of hydrogen-bond acceptors (Lipinski definition) is 4. The number of fused-ring (bicyclic) bond motifs is 1. The second kappa shape index (κ2) is 7.69. The number of thiophene rings is 1. The first-order valence-electron chi connectivity index (χ1n) is 9.56. The third-order valence-corrected chi connectivity index (χ3v) is 6.96. The highest BCUT2D eigenvalue weighted by Gasteiger charge is 2.28. The van der Waals surface area contributed by atoms with E-state index in [1.165, 1.54) is 52.6 Å². The lowest BCUT2D eigenvalue weighted by Crippen LogP contribution is -2.23. The molecule has 0 saturated heterocycles. The monoisotopic (exact) mass is 380 g/mol. The highest BCUT2D eigenvalue weighted by molar-refractivity contribution is 7.19. The summed E-state index contributed by atoms with van der Waals surface area (Å²) in [5.74, 6) is -0.296. The van der Waals surface area contributed by atoms with Crippen molar-refractivity contribution in [1.82, 2.24) is 4.98 Å². The van der Waals surface area contributed by atoms with E-state index in [4.69, 9.17) is 5.11 Å². The van der Waals surface area contributed by atoms with Gasteiger partial charge in [-0.1, -0.05) is 19.3 Å². The lowest BCUT2D eigenvalue weighted by atomic mass is 9.82. The first kappa shape index (κ1) is 18.0. The Hall–Kier alpha value is -2.40. The Morgan fingerprint density at radius 3 is 2.59 bits per heavy atom. The summed E-state index contributed by atoms with van der Waals surface area (Å²) in [6.07, 6.45) is 10.2. The van der Waals surface area contributed by atoms with Gasteiger partial charge < -0.3 is 10.4 Å². The molecule has 0 aliphatic heterocycles. The maximum Gasteiger partial charge on any atom is 0.335 e. The smallest absolute Gasteiger partial charge is 0.335 e.